The molecule has 1 aromatic carbocycles. The number of aromatic nitrogens is 2. The lowest BCUT2D eigenvalue weighted by atomic mass is 10.2. The number of thiazole rings is 1. The van der Waals surface area contributed by atoms with Crippen LogP contribution in [-0.2, 0) is 5.75 Å². The molecule has 0 atom stereocenters. The van der Waals surface area contributed by atoms with Gasteiger partial charge in [0.15, 0.2) is 0 Å². The van der Waals surface area contributed by atoms with Gasteiger partial charge in [-0.2, -0.15) is 0 Å². The summed E-state index contributed by atoms with van der Waals surface area (Å²) in [4.78, 5) is 11.0. The molecule has 0 saturated heterocycles. The summed E-state index contributed by atoms with van der Waals surface area (Å²) in [6.45, 7) is 0. The number of thioether (sulfide) groups is 1. The van der Waals surface area contributed by atoms with E-state index in [4.69, 9.17) is 0 Å². The van der Waals surface area contributed by atoms with E-state index in [1.54, 1.807) is 23.1 Å². The first-order valence-electron chi connectivity index (χ1n) is 5.95. The van der Waals surface area contributed by atoms with Crippen LogP contribution in [0.15, 0.2) is 66.0 Å². The molecule has 0 N–H and O–H groups in total. The average molecular weight is 284 g/mol. The molecule has 2 aromatic heterocycles. The minimum Gasteiger partial charge on any atom is -0.265 e. The third-order valence-corrected chi connectivity index (χ3v) is 4.88. The zero-order valence-corrected chi connectivity index (χ0v) is 11.8. The Morgan fingerprint density at radius 1 is 1.00 bits per heavy atom. The van der Waals surface area contributed by atoms with Gasteiger partial charge in [0.05, 0.1) is 10.6 Å². The van der Waals surface area contributed by atoms with Crippen molar-refractivity contribution in [1.29, 1.82) is 0 Å². The van der Waals surface area contributed by atoms with E-state index in [-0.39, 0.29) is 0 Å². The van der Waals surface area contributed by atoms with E-state index in [1.807, 2.05) is 36.8 Å². The zero-order chi connectivity index (χ0) is 12.9. The summed E-state index contributed by atoms with van der Waals surface area (Å²) in [6.07, 6.45) is 5.60. The van der Waals surface area contributed by atoms with Crippen molar-refractivity contribution in [3.05, 3.63) is 66.1 Å². The van der Waals surface area contributed by atoms with Gasteiger partial charge in [-0.05, 0) is 17.7 Å². The van der Waals surface area contributed by atoms with Crippen LogP contribution in [0.2, 0.25) is 0 Å². The molecule has 3 rings (SSSR count). The number of rotatable bonds is 4. The standard InChI is InChI=1S/C15H12N2S2/c1-2-4-12(5-3-1)14-10-17-15(19-14)11-18-13-6-8-16-9-7-13/h1-10H,11H2. The van der Waals surface area contributed by atoms with Crippen LogP contribution in [-0.4, -0.2) is 9.97 Å². The van der Waals surface area contributed by atoms with Gasteiger partial charge in [-0.1, -0.05) is 30.3 Å². The molecule has 2 heterocycles. The molecule has 0 saturated carbocycles. The third-order valence-electron chi connectivity index (χ3n) is 2.62. The predicted molar refractivity (Wildman–Crippen MR) is 81.3 cm³/mol. The van der Waals surface area contributed by atoms with Gasteiger partial charge >= 0.3 is 0 Å². The molecule has 19 heavy (non-hydrogen) atoms. The van der Waals surface area contributed by atoms with E-state index in [2.05, 4.69) is 34.2 Å². The molecule has 0 amide bonds. The summed E-state index contributed by atoms with van der Waals surface area (Å²) in [5.41, 5.74) is 1.24. The minimum absolute atomic E-state index is 0.904. The zero-order valence-electron chi connectivity index (χ0n) is 10.2. The summed E-state index contributed by atoms with van der Waals surface area (Å²) in [5, 5.41) is 1.15. The van der Waals surface area contributed by atoms with Crippen molar-refractivity contribution in [2.24, 2.45) is 0 Å². The number of hydrogen-bond donors (Lipinski definition) is 0. The average Bonchev–Trinajstić information content (AvgIpc) is 2.96. The van der Waals surface area contributed by atoms with Crippen molar-refractivity contribution in [3.63, 3.8) is 0 Å². The summed E-state index contributed by atoms with van der Waals surface area (Å²) in [6, 6.07) is 14.4. The number of pyridine rings is 1. The fourth-order valence-electron chi connectivity index (χ4n) is 1.69. The quantitative estimate of drug-likeness (QED) is 0.660. The second-order valence-electron chi connectivity index (χ2n) is 3.96. The first kappa shape index (κ1) is 12.4. The van der Waals surface area contributed by atoms with E-state index in [1.165, 1.54) is 15.3 Å². The normalized spacial score (nSPS) is 10.5. The number of hydrogen-bond acceptors (Lipinski definition) is 4. The molecule has 0 radical (unpaired) electrons. The Morgan fingerprint density at radius 3 is 2.58 bits per heavy atom. The molecule has 0 spiro atoms. The largest absolute Gasteiger partial charge is 0.265 e. The first-order valence-corrected chi connectivity index (χ1v) is 7.75. The second kappa shape index (κ2) is 5.99. The van der Waals surface area contributed by atoms with Gasteiger partial charge in [0.2, 0.25) is 0 Å². The maximum atomic E-state index is 4.49. The maximum absolute atomic E-state index is 4.49. The Kier molecular flexibility index (Phi) is 3.91. The van der Waals surface area contributed by atoms with Gasteiger partial charge in [-0.3, -0.25) is 4.98 Å². The van der Waals surface area contributed by atoms with E-state index in [9.17, 15) is 0 Å². The topological polar surface area (TPSA) is 25.8 Å². The van der Waals surface area contributed by atoms with Gasteiger partial charge in [0.1, 0.15) is 5.01 Å². The smallest absolute Gasteiger partial charge is 0.103 e. The lowest BCUT2D eigenvalue weighted by Gasteiger charge is -1.97. The van der Waals surface area contributed by atoms with Crippen LogP contribution in [0.1, 0.15) is 5.01 Å². The highest BCUT2D eigenvalue weighted by Crippen LogP contribution is 2.29. The Morgan fingerprint density at radius 2 is 1.79 bits per heavy atom. The molecule has 0 aliphatic rings. The van der Waals surface area contributed by atoms with Gasteiger partial charge in [-0.15, -0.1) is 23.1 Å². The maximum Gasteiger partial charge on any atom is 0.103 e. The van der Waals surface area contributed by atoms with E-state index in [0.717, 1.165) is 10.8 Å². The van der Waals surface area contributed by atoms with Gasteiger partial charge in [-0.25, -0.2) is 4.98 Å². The van der Waals surface area contributed by atoms with E-state index < -0.39 is 0 Å². The molecule has 4 heteroatoms. The van der Waals surface area contributed by atoms with Gasteiger partial charge in [0.25, 0.3) is 0 Å². The lowest BCUT2D eigenvalue weighted by Crippen LogP contribution is -1.77. The van der Waals surface area contributed by atoms with E-state index >= 15 is 0 Å². The molecule has 3 aromatic rings. The van der Waals surface area contributed by atoms with Crippen LogP contribution >= 0.6 is 23.1 Å². The highest BCUT2D eigenvalue weighted by molar-refractivity contribution is 7.98. The predicted octanol–water partition coefficient (Wildman–Crippen LogP) is 4.50. The number of benzene rings is 1. The summed E-state index contributed by atoms with van der Waals surface area (Å²) in [7, 11) is 0. The summed E-state index contributed by atoms with van der Waals surface area (Å²) < 4.78 is 0. The summed E-state index contributed by atoms with van der Waals surface area (Å²) in [5.74, 6) is 0.904. The third kappa shape index (κ3) is 3.22. The van der Waals surface area contributed by atoms with E-state index in [0.29, 0.717) is 0 Å². The van der Waals surface area contributed by atoms with Crippen LogP contribution in [0, 0.1) is 0 Å². The van der Waals surface area contributed by atoms with Crippen molar-refractivity contribution in [2.75, 3.05) is 0 Å². The number of nitrogens with zero attached hydrogens (tertiary/aromatic N) is 2. The molecule has 0 aliphatic heterocycles. The monoisotopic (exact) mass is 284 g/mol. The van der Waals surface area contributed by atoms with Crippen molar-refractivity contribution < 1.29 is 0 Å². The molecule has 2 nitrogen and oxygen atoms in total. The fraction of sp³-hybridized carbons (Fsp3) is 0.0667. The van der Waals surface area contributed by atoms with Gasteiger partial charge < -0.3 is 0 Å². The Bertz CT molecular complexity index is 636. The lowest BCUT2D eigenvalue weighted by molar-refractivity contribution is 1.24. The van der Waals surface area contributed by atoms with Crippen LogP contribution in [0.4, 0.5) is 0 Å². The van der Waals surface area contributed by atoms with Crippen molar-refractivity contribution in [1.82, 2.24) is 9.97 Å². The Hall–Kier alpha value is -1.65. The van der Waals surface area contributed by atoms with Crippen LogP contribution in [0.25, 0.3) is 10.4 Å². The highest BCUT2D eigenvalue weighted by atomic mass is 32.2. The second-order valence-corrected chi connectivity index (χ2v) is 6.12. The van der Waals surface area contributed by atoms with Crippen LogP contribution in [0.5, 0.6) is 0 Å². The van der Waals surface area contributed by atoms with Crippen LogP contribution < -0.4 is 0 Å². The molecule has 0 bridgehead atoms. The van der Waals surface area contributed by atoms with Crippen molar-refractivity contribution >= 4 is 23.1 Å². The summed E-state index contributed by atoms with van der Waals surface area (Å²) >= 11 is 3.55. The Labute approximate surface area is 120 Å². The molecule has 0 unspecified atom stereocenters. The Balaban J connectivity index is 1.69. The molecule has 94 valence electrons. The SMILES string of the molecule is c1ccc(-c2cnc(CSc3ccncc3)s2)cc1. The van der Waals surface area contributed by atoms with Gasteiger partial charge in [0, 0.05) is 23.5 Å². The molecule has 0 aliphatic carbocycles. The first-order chi connectivity index (χ1) is 9.42. The highest BCUT2D eigenvalue weighted by Gasteiger charge is 2.04. The van der Waals surface area contributed by atoms with Crippen molar-refractivity contribution in [2.45, 2.75) is 10.6 Å². The fourth-order valence-corrected chi connectivity index (χ4v) is 3.50. The minimum atomic E-state index is 0.904. The molecular weight excluding hydrogens is 272 g/mol. The van der Waals surface area contributed by atoms with Crippen LogP contribution in [0.3, 0.4) is 0 Å². The van der Waals surface area contributed by atoms with Crippen molar-refractivity contribution in [3.8, 4) is 10.4 Å². The molecule has 0 fully saturated rings. The molecular formula is C15H12N2S2.